The SMILES string of the molecule is CN1CC[C@H](O)[C@@]2(CCCN(C(=O)c3cccn4cnnc34)C2)C1. The fourth-order valence-electron chi connectivity index (χ4n) is 4.29. The molecule has 1 N–H and O–H groups in total. The number of likely N-dealkylation sites (tertiary alicyclic amines) is 2. The number of pyridine rings is 1. The molecule has 128 valence electrons. The van der Waals surface area contributed by atoms with Crippen LogP contribution in [-0.2, 0) is 0 Å². The summed E-state index contributed by atoms with van der Waals surface area (Å²) in [5.74, 6) is -0.0203. The van der Waals surface area contributed by atoms with Gasteiger partial charge in [0.2, 0.25) is 0 Å². The fraction of sp³-hybridized carbons (Fsp3) is 0.588. The van der Waals surface area contributed by atoms with Crippen molar-refractivity contribution in [1.29, 1.82) is 0 Å². The maximum Gasteiger partial charge on any atom is 0.257 e. The second kappa shape index (κ2) is 5.82. The van der Waals surface area contributed by atoms with Crippen molar-refractivity contribution >= 4 is 11.6 Å². The van der Waals surface area contributed by atoms with Gasteiger partial charge in [-0.2, -0.15) is 0 Å². The van der Waals surface area contributed by atoms with E-state index in [1.165, 1.54) is 0 Å². The summed E-state index contributed by atoms with van der Waals surface area (Å²) in [6, 6.07) is 3.64. The molecule has 2 fully saturated rings. The van der Waals surface area contributed by atoms with E-state index in [-0.39, 0.29) is 17.4 Å². The van der Waals surface area contributed by atoms with Crippen molar-refractivity contribution in [3.05, 3.63) is 30.2 Å². The van der Waals surface area contributed by atoms with Crippen molar-refractivity contribution in [3.63, 3.8) is 0 Å². The number of hydrogen-bond acceptors (Lipinski definition) is 5. The number of piperidine rings is 2. The summed E-state index contributed by atoms with van der Waals surface area (Å²) < 4.78 is 1.76. The third-order valence-corrected chi connectivity index (χ3v) is 5.53. The van der Waals surface area contributed by atoms with Gasteiger partial charge in [0.25, 0.3) is 5.91 Å². The zero-order valence-electron chi connectivity index (χ0n) is 13.9. The molecule has 2 aromatic heterocycles. The highest BCUT2D eigenvalue weighted by molar-refractivity contribution is 5.99. The molecule has 4 heterocycles. The molecule has 2 aromatic rings. The first-order valence-corrected chi connectivity index (χ1v) is 8.53. The molecule has 2 saturated heterocycles. The van der Waals surface area contributed by atoms with E-state index in [0.717, 1.165) is 38.9 Å². The van der Waals surface area contributed by atoms with E-state index in [1.54, 1.807) is 16.8 Å². The van der Waals surface area contributed by atoms with E-state index in [1.807, 2.05) is 17.2 Å². The summed E-state index contributed by atoms with van der Waals surface area (Å²) in [6.45, 7) is 3.09. The smallest absolute Gasteiger partial charge is 0.257 e. The second-order valence-electron chi connectivity index (χ2n) is 7.22. The van der Waals surface area contributed by atoms with Crippen LogP contribution in [0.25, 0.3) is 5.65 Å². The zero-order valence-corrected chi connectivity index (χ0v) is 13.9. The number of carbonyl (C=O) groups excluding carboxylic acids is 1. The minimum absolute atomic E-state index is 0.0203. The highest BCUT2D eigenvalue weighted by Crippen LogP contribution is 2.38. The van der Waals surface area contributed by atoms with Crippen molar-refractivity contribution in [2.45, 2.75) is 25.4 Å². The maximum atomic E-state index is 13.1. The number of aliphatic hydroxyl groups is 1. The van der Waals surface area contributed by atoms with Gasteiger partial charge >= 0.3 is 0 Å². The van der Waals surface area contributed by atoms with E-state index in [0.29, 0.717) is 17.8 Å². The molecule has 0 saturated carbocycles. The number of aliphatic hydroxyl groups excluding tert-OH is 1. The molecule has 1 amide bonds. The number of hydrogen-bond donors (Lipinski definition) is 1. The van der Waals surface area contributed by atoms with E-state index in [2.05, 4.69) is 22.1 Å². The van der Waals surface area contributed by atoms with Crippen LogP contribution >= 0.6 is 0 Å². The Kier molecular flexibility index (Phi) is 3.77. The number of aromatic nitrogens is 3. The second-order valence-corrected chi connectivity index (χ2v) is 7.22. The first kappa shape index (κ1) is 15.5. The molecular weight excluding hydrogens is 306 g/mol. The van der Waals surface area contributed by atoms with Gasteiger partial charge in [0.15, 0.2) is 5.65 Å². The molecule has 2 aliphatic rings. The quantitative estimate of drug-likeness (QED) is 0.831. The van der Waals surface area contributed by atoms with Crippen LogP contribution in [0.15, 0.2) is 24.7 Å². The molecule has 0 aromatic carbocycles. The summed E-state index contributed by atoms with van der Waals surface area (Å²) in [7, 11) is 2.09. The minimum atomic E-state index is -0.340. The summed E-state index contributed by atoms with van der Waals surface area (Å²) in [6.07, 6.45) is 5.77. The van der Waals surface area contributed by atoms with Crippen molar-refractivity contribution in [2.24, 2.45) is 5.41 Å². The Hall–Kier alpha value is -1.99. The first-order valence-electron chi connectivity index (χ1n) is 8.53. The molecule has 0 aliphatic carbocycles. The highest BCUT2D eigenvalue weighted by Gasteiger charge is 2.45. The van der Waals surface area contributed by atoms with Crippen LogP contribution in [-0.4, -0.2) is 74.7 Å². The number of nitrogens with zero attached hydrogens (tertiary/aromatic N) is 5. The van der Waals surface area contributed by atoms with E-state index in [4.69, 9.17) is 0 Å². The van der Waals surface area contributed by atoms with Crippen LogP contribution in [0.4, 0.5) is 0 Å². The van der Waals surface area contributed by atoms with Gasteiger partial charge in [0.1, 0.15) is 6.33 Å². The van der Waals surface area contributed by atoms with Gasteiger partial charge in [-0.15, -0.1) is 10.2 Å². The molecule has 1 spiro atoms. The minimum Gasteiger partial charge on any atom is -0.392 e. The summed E-state index contributed by atoms with van der Waals surface area (Å²) in [5.41, 5.74) is 0.953. The predicted octanol–water partition coefficient (Wildman–Crippen LogP) is 0.648. The first-order chi connectivity index (χ1) is 11.6. The summed E-state index contributed by atoms with van der Waals surface area (Å²) in [5, 5.41) is 18.6. The summed E-state index contributed by atoms with van der Waals surface area (Å²) in [4.78, 5) is 17.2. The van der Waals surface area contributed by atoms with Gasteiger partial charge in [0.05, 0.1) is 11.7 Å². The molecule has 0 bridgehead atoms. The zero-order chi connectivity index (χ0) is 16.7. The highest BCUT2D eigenvalue weighted by atomic mass is 16.3. The van der Waals surface area contributed by atoms with Gasteiger partial charge in [-0.3, -0.25) is 9.20 Å². The molecule has 0 radical (unpaired) electrons. The fourth-order valence-corrected chi connectivity index (χ4v) is 4.29. The van der Waals surface area contributed by atoms with Crippen LogP contribution < -0.4 is 0 Å². The normalized spacial score (nSPS) is 28.6. The lowest BCUT2D eigenvalue weighted by molar-refractivity contribution is -0.0730. The standard InChI is InChI=1S/C17H23N5O2/c1-20-9-5-14(23)17(10-20)6-3-8-21(11-17)16(24)13-4-2-7-22-12-18-19-15(13)22/h2,4,7,12,14,23H,3,5-6,8-11H2,1H3/t14-,17-/m0/s1. The van der Waals surface area contributed by atoms with Crippen LogP contribution in [0.2, 0.25) is 0 Å². The Morgan fingerprint density at radius 2 is 2.25 bits per heavy atom. The average Bonchev–Trinajstić information content (AvgIpc) is 3.07. The molecule has 2 atom stereocenters. The Morgan fingerprint density at radius 3 is 3.12 bits per heavy atom. The van der Waals surface area contributed by atoms with Gasteiger partial charge in [-0.25, -0.2) is 0 Å². The van der Waals surface area contributed by atoms with E-state index >= 15 is 0 Å². The third-order valence-electron chi connectivity index (χ3n) is 5.53. The van der Waals surface area contributed by atoms with Crippen LogP contribution in [0.5, 0.6) is 0 Å². The Labute approximate surface area is 140 Å². The predicted molar refractivity (Wildman–Crippen MR) is 88.7 cm³/mol. The Morgan fingerprint density at radius 1 is 1.38 bits per heavy atom. The van der Waals surface area contributed by atoms with E-state index < -0.39 is 0 Å². The van der Waals surface area contributed by atoms with Crippen molar-refractivity contribution in [2.75, 3.05) is 33.2 Å². The lowest BCUT2D eigenvalue weighted by atomic mass is 9.71. The Balaban J connectivity index is 1.62. The van der Waals surface area contributed by atoms with Crippen molar-refractivity contribution < 1.29 is 9.90 Å². The molecule has 0 unspecified atom stereocenters. The molecule has 7 heteroatoms. The molecule has 4 rings (SSSR count). The molecule has 2 aliphatic heterocycles. The van der Waals surface area contributed by atoms with Gasteiger partial charge < -0.3 is 14.9 Å². The van der Waals surface area contributed by atoms with Crippen LogP contribution in [0, 0.1) is 5.41 Å². The van der Waals surface area contributed by atoms with Crippen LogP contribution in [0.3, 0.4) is 0 Å². The molecule has 24 heavy (non-hydrogen) atoms. The number of amides is 1. The van der Waals surface area contributed by atoms with Gasteiger partial charge in [-0.05, 0) is 38.4 Å². The lowest BCUT2D eigenvalue weighted by Gasteiger charge is -2.50. The largest absolute Gasteiger partial charge is 0.392 e. The van der Waals surface area contributed by atoms with Crippen molar-refractivity contribution in [3.8, 4) is 0 Å². The van der Waals surface area contributed by atoms with E-state index in [9.17, 15) is 9.90 Å². The monoisotopic (exact) mass is 329 g/mol. The molecule has 7 nitrogen and oxygen atoms in total. The number of carbonyl (C=O) groups is 1. The molecular formula is C17H23N5O2. The van der Waals surface area contributed by atoms with Crippen LogP contribution in [0.1, 0.15) is 29.6 Å². The lowest BCUT2D eigenvalue weighted by Crippen LogP contribution is -2.59. The van der Waals surface area contributed by atoms with Gasteiger partial charge in [-0.1, -0.05) is 0 Å². The number of rotatable bonds is 1. The topological polar surface area (TPSA) is 74.0 Å². The third kappa shape index (κ3) is 2.48. The van der Waals surface area contributed by atoms with Crippen molar-refractivity contribution in [1.82, 2.24) is 24.4 Å². The maximum absolute atomic E-state index is 13.1. The Bertz CT molecular complexity index is 760. The van der Waals surface area contributed by atoms with Gasteiger partial charge in [0, 0.05) is 37.8 Å². The summed E-state index contributed by atoms with van der Waals surface area (Å²) >= 11 is 0. The number of fused-ring (bicyclic) bond motifs is 1. The average molecular weight is 329 g/mol.